The predicted octanol–water partition coefficient (Wildman–Crippen LogP) is 8.75. The van der Waals surface area contributed by atoms with E-state index in [4.69, 9.17) is 14.9 Å². The lowest BCUT2D eigenvalue weighted by molar-refractivity contribution is 0.354. The molecule has 3 N–H and O–H groups in total. The van der Waals surface area contributed by atoms with Gasteiger partial charge in [-0.1, -0.05) is 56.2 Å². The molecular weight excluding hydrogens is 560 g/mol. The summed E-state index contributed by atoms with van der Waals surface area (Å²) in [5, 5.41) is 14.6. The van der Waals surface area contributed by atoms with Crippen LogP contribution in [0.1, 0.15) is 71.7 Å². The summed E-state index contributed by atoms with van der Waals surface area (Å²) >= 11 is 0. The number of aromatic nitrogens is 3. The van der Waals surface area contributed by atoms with Gasteiger partial charge in [-0.2, -0.15) is 0 Å². The number of benzene rings is 1. The van der Waals surface area contributed by atoms with E-state index in [9.17, 15) is 0 Å². The Hall–Kier alpha value is -4.33. The summed E-state index contributed by atoms with van der Waals surface area (Å²) in [7, 11) is 3.30. The summed E-state index contributed by atoms with van der Waals surface area (Å²) in [4.78, 5) is 9.15. The molecule has 8 heteroatoms. The molecule has 0 fully saturated rings. The summed E-state index contributed by atoms with van der Waals surface area (Å²) < 4.78 is 13.0. The highest BCUT2D eigenvalue weighted by Gasteiger charge is 2.18. The van der Waals surface area contributed by atoms with E-state index in [1.54, 1.807) is 26.6 Å². The third-order valence-electron chi connectivity index (χ3n) is 7.30. The molecule has 2 aromatic heterocycles. The summed E-state index contributed by atoms with van der Waals surface area (Å²) in [5.74, 6) is 2.35. The lowest BCUT2D eigenvalue weighted by atomic mass is 10.1. The molecule has 0 saturated carbocycles. The highest BCUT2D eigenvalue weighted by atomic mass is 16.5. The number of methoxy groups -OCH3 is 2. The Balaban J connectivity index is 0.000000610. The van der Waals surface area contributed by atoms with Crippen LogP contribution in [0.25, 0.3) is 11.0 Å². The molecule has 8 nitrogen and oxygen atoms in total. The topological polar surface area (TPSA) is 97.1 Å². The van der Waals surface area contributed by atoms with E-state index < -0.39 is 0 Å². The van der Waals surface area contributed by atoms with Gasteiger partial charge >= 0.3 is 0 Å². The highest BCUT2D eigenvalue weighted by Crippen LogP contribution is 2.30. The Kier molecular flexibility index (Phi) is 18.4. The van der Waals surface area contributed by atoms with E-state index in [2.05, 4.69) is 84.1 Å². The molecule has 3 aromatic rings. The molecule has 3 heterocycles. The van der Waals surface area contributed by atoms with Gasteiger partial charge in [-0.25, -0.2) is 9.97 Å². The highest BCUT2D eigenvalue weighted by molar-refractivity contribution is 5.91. The second-order valence-electron chi connectivity index (χ2n) is 10.5. The molecule has 45 heavy (non-hydrogen) atoms. The standard InChI is InChI=1S/C24H29N5O2.C6H11N.C5H10.C2H6/c1-16-17(2)29(14-19-7-5-6-11-25-19)24-22(16)23(27-15-28-24)26-12-10-18-8-9-20(30-3)21(13-18)31-4;1-3-6(2)4-5-7;1-4-5(2)3;1-2/h5-9,11,13,15,19,25H,10,12,14H2,1-4H3,(H,26,27,28);4-5,7H,3H2,1-2H3;4H,1-3H3;1-2H3/b;6-4+,7-5?;;. The molecular formula is C37H56N6O2. The Bertz CT molecular complexity index is 1440. The van der Waals surface area contributed by atoms with Gasteiger partial charge in [0, 0.05) is 25.0 Å². The van der Waals surface area contributed by atoms with Gasteiger partial charge in [0.2, 0.25) is 0 Å². The van der Waals surface area contributed by atoms with Crippen molar-refractivity contribution >= 4 is 23.1 Å². The molecule has 0 spiro atoms. The third kappa shape index (κ3) is 12.3. The van der Waals surface area contributed by atoms with Crippen molar-refractivity contribution in [1.29, 1.82) is 5.41 Å². The number of nitrogens with one attached hydrogen (secondary N) is 3. The Morgan fingerprint density at radius 2 is 1.76 bits per heavy atom. The molecule has 0 aliphatic carbocycles. The molecule has 0 radical (unpaired) electrons. The van der Waals surface area contributed by atoms with Crippen molar-refractivity contribution in [2.75, 3.05) is 26.1 Å². The molecule has 0 saturated heterocycles. The first-order valence-corrected chi connectivity index (χ1v) is 15.8. The number of ether oxygens (including phenoxy) is 2. The fourth-order valence-electron chi connectivity index (χ4n) is 4.25. The zero-order valence-corrected chi connectivity index (χ0v) is 29.4. The molecule has 1 aliphatic heterocycles. The molecule has 1 atom stereocenters. The number of allylic oxidation sites excluding steroid dienone is 6. The van der Waals surface area contributed by atoms with Crippen molar-refractivity contribution in [3.63, 3.8) is 0 Å². The molecule has 4 rings (SSSR count). The first kappa shape index (κ1) is 38.7. The van der Waals surface area contributed by atoms with Crippen LogP contribution in [0.2, 0.25) is 0 Å². The summed E-state index contributed by atoms with van der Waals surface area (Å²) in [6.07, 6.45) is 17.0. The number of rotatable bonds is 10. The first-order valence-electron chi connectivity index (χ1n) is 15.8. The van der Waals surface area contributed by atoms with Crippen LogP contribution in [0.15, 0.2) is 72.3 Å². The van der Waals surface area contributed by atoms with Gasteiger partial charge < -0.3 is 30.1 Å². The van der Waals surface area contributed by atoms with E-state index in [0.717, 1.165) is 54.3 Å². The van der Waals surface area contributed by atoms with E-state index in [-0.39, 0.29) is 6.04 Å². The van der Waals surface area contributed by atoms with Gasteiger partial charge in [0.1, 0.15) is 17.8 Å². The Morgan fingerprint density at radius 1 is 1.07 bits per heavy atom. The van der Waals surface area contributed by atoms with Crippen molar-refractivity contribution in [2.24, 2.45) is 0 Å². The minimum Gasteiger partial charge on any atom is -0.493 e. The zero-order chi connectivity index (χ0) is 33.8. The van der Waals surface area contributed by atoms with Gasteiger partial charge in [-0.05, 0) is 96.0 Å². The average Bonchev–Trinajstić information content (AvgIpc) is 3.31. The van der Waals surface area contributed by atoms with Crippen LogP contribution in [0.5, 0.6) is 11.5 Å². The second kappa shape index (κ2) is 21.4. The number of dihydropyridines is 1. The van der Waals surface area contributed by atoms with Gasteiger partial charge in [0.15, 0.2) is 11.5 Å². The molecule has 0 amide bonds. The van der Waals surface area contributed by atoms with E-state index in [0.29, 0.717) is 0 Å². The van der Waals surface area contributed by atoms with Gasteiger partial charge in [-0.3, -0.25) is 0 Å². The summed E-state index contributed by atoms with van der Waals surface area (Å²) in [6.45, 7) is 20.2. The summed E-state index contributed by atoms with van der Waals surface area (Å²) in [6, 6.07) is 6.26. The maximum atomic E-state index is 6.64. The zero-order valence-electron chi connectivity index (χ0n) is 29.4. The van der Waals surface area contributed by atoms with Gasteiger partial charge in [-0.15, -0.1) is 0 Å². The number of anilines is 1. The predicted molar refractivity (Wildman–Crippen MR) is 193 cm³/mol. The fraction of sp³-hybridized carbons (Fsp3) is 0.432. The normalized spacial score (nSPS) is 13.1. The second-order valence-corrected chi connectivity index (χ2v) is 10.5. The Morgan fingerprint density at radius 3 is 2.29 bits per heavy atom. The van der Waals surface area contributed by atoms with Crippen LogP contribution in [-0.4, -0.2) is 47.6 Å². The molecule has 1 aliphatic rings. The minimum atomic E-state index is 0.245. The maximum absolute atomic E-state index is 6.64. The quantitative estimate of drug-likeness (QED) is 0.156. The lowest BCUT2D eigenvalue weighted by Crippen LogP contribution is -2.29. The minimum absolute atomic E-state index is 0.245. The monoisotopic (exact) mass is 616 g/mol. The van der Waals surface area contributed by atoms with E-state index >= 15 is 0 Å². The SMILES string of the molecule is CC.CC/C(C)=C/C=N.CC=C(C)C.COc1ccc(CCNc2ncnc3c2c(C)c(C)n3CC2C=CC=CN2)cc1OC. The largest absolute Gasteiger partial charge is 0.493 e. The van der Waals surface area contributed by atoms with Gasteiger partial charge in [0.25, 0.3) is 0 Å². The molecule has 1 aromatic carbocycles. The fourth-order valence-corrected chi connectivity index (χ4v) is 4.25. The van der Waals surface area contributed by atoms with Gasteiger partial charge in [0.05, 0.1) is 25.6 Å². The maximum Gasteiger partial charge on any atom is 0.160 e. The van der Waals surface area contributed by atoms with Crippen LogP contribution in [0.3, 0.4) is 0 Å². The van der Waals surface area contributed by atoms with Crippen molar-refractivity contribution in [3.05, 3.63) is 89.1 Å². The number of fused-ring (bicyclic) bond motifs is 1. The molecule has 1 unspecified atom stereocenters. The number of hydrogen-bond donors (Lipinski definition) is 3. The number of nitrogens with zero attached hydrogens (tertiary/aromatic N) is 3. The Labute approximate surface area is 271 Å². The number of hydrogen-bond acceptors (Lipinski definition) is 7. The first-order chi connectivity index (χ1) is 21.7. The average molecular weight is 617 g/mol. The molecule has 0 bridgehead atoms. The van der Waals surface area contributed by atoms with Crippen molar-refractivity contribution < 1.29 is 9.47 Å². The van der Waals surface area contributed by atoms with Crippen molar-refractivity contribution in [3.8, 4) is 11.5 Å². The smallest absolute Gasteiger partial charge is 0.160 e. The van der Waals surface area contributed by atoms with Crippen LogP contribution < -0.4 is 20.1 Å². The van der Waals surface area contributed by atoms with Crippen LogP contribution >= 0.6 is 0 Å². The van der Waals surface area contributed by atoms with E-state index in [1.165, 1.54) is 34.2 Å². The number of aryl methyl sites for hydroxylation is 1. The van der Waals surface area contributed by atoms with Crippen molar-refractivity contribution in [2.45, 2.75) is 87.7 Å². The van der Waals surface area contributed by atoms with Crippen LogP contribution in [-0.2, 0) is 13.0 Å². The summed E-state index contributed by atoms with van der Waals surface area (Å²) in [5.41, 5.74) is 7.19. The van der Waals surface area contributed by atoms with Crippen molar-refractivity contribution in [1.82, 2.24) is 19.9 Å². The van der Waals surface area contributed by atoms with Crippen LogP contribution in [0, 0.1) is 19.3 Å². The molecule has 246 valence electrons. The third-order valence-corrected chi connectivity index (χ3v) is 7.30. The lowest BCUT2D eigenvalue weighted by Gasteiger charge is -2.18. The van der Waals surface area contributed by atoms with E-state index in [1.807, 2.05) is 52.1 Å². The van der Waals surface area contributed by atoms with Crippen LogP contribution in [0.4, 0.5) is 5.82 Å².